The van der Waals surface area contributed by atoms with E-state index in [0.29, 0.717) is 0 Å². The van der Waals surface area contributed by atoms with Crippen LogP contribution in [0.15, 0.2) is 32.5 Å². The average molecular weight is 459 g/mol. The molecular weight excluding hydrogens is 451 g/mol. The van der Waals surface area contributed by atoms with Crippen molar-refractivity contribution in [3.05, 3.63) is 53.6 Å². The third kappa shape index (κ3) is 3.16. The van der Waals surface area contributed by atoms with E-state index in [1.807, 2.05) is 18.2 Å². The van der Waals surface area contributed by atoms with Gasteiger partial charge in [0.2, 0.25) is 0 Å². The van der Waals surface area contributed by atoms with Crippen LogP contribution >= 0.6 is 70.7 Å². The number of rotatable bonds is 2. The second-order valence-corrected chi connectivity index (χ2v) is 8.27. The Kier molecular flexibility index (Phi) is 4.75. The van der Waals surface area contributed by atoms with Gasteiger partial charge in [0.1, 0.15) is 0 Å². The first kappa shape index (κ1) is 14.1. The summed E-state index contributed by atoms with van der Waals surface area (Å²) in [7, 11) is 0. The zero-order chi connectivity index (χ0) is 12.6. The van der Waals surface area contributed by atoms with E-state index >= 15 is 0 Å². The van der Waals surface area contributed by atoms with E-state index in [-0.39, 0.29) is 4.83 Å². The van der Waals surface area contributed by atoms with Crippen molar-refractivity contribution in [1.82, 2.24) is 0 Å². The fraction of sp³-hybridized carbons (Fsp3) is 0.167. The summed E-state index contributed by atoms with van der Waals surface area (Å²) in [6.07, 6.45) is 0. The molecule has 5 heteroatoms. The molecule has 1 heterocycles. The first-order chi connectivity index (χ1) is 7.99. The molecule has 1 aromatic carbocycles. The summed E-state index contributed by atoms with van der Waals surface area (Å²) >= 11 is 18.7. The Bertz CT molecular complexity index is 531. The Balaban J connectivity index is 2.42. The Morgan fingerprint density at radius 1 is 1.24 bits per heavy atom. The predicted octanol–water partition coefficient (Wildman–Crippen LogP) is 6.72. The van der Waals surface area contributed by atoms with Crippen molar-refractivity contribution in [2.75, 3.05) is 0 Å². The van der Waals surface area contributed by atoms with Crippen LogP contribution in [0, 0.1) is 6.92 Å². The van der Waals surface area contributed by atoms with Crippen molar-refractivity contribution in [2.45, 2.75) is 11.8 Å². The van der Waals surface area contributed by atoms with Gasteiger partial charge in [0, 0.05) is 14.4 Å². The monoisotopic (exact) mass is 456 g/mol. The maximum atomic E-state index is 6.23. The maximum absolute atomic E-state index is 6.23. The third-order valence-corrected chi connectivity index (χ3v) is 6.69. The molecule has 17 heavy (non-hydrogen) atoms. The molecule has 0 N–H and O–H groups in total. The van der Waals surface area contributed by atoms with Crippen LogP contribution in [-0.2, 0) is 0 Å². The summed E-state index contributed by atoms with van der Waals surface area (Å²) in [6, 6.07) is 8.07. The molecule has 1 unspecified atom stereocenters. The summed E-state index contributed by atoms with van der Waals surface area (Å²) in [5.74, 6) is 0. The fourth-order valence-electron chi connectivity index (χ4n) is 1.47. The molecule has 0 bridgehead atoms. The number of alkyl halides is 1. The van der Waals surface area contributed by atoms with E-state index in [0.717, 1.165) is 15.1 Å². The molecular formula is C12H8Br3ClS. The summed E-state index contributed by atoms with van der Waals surface area (Å²) in [5.41, 5.74) is 2.33. The normalized spacial score (nSPS) is 12.8. The lowest BCUT2D eigenvalue weighted by atomic mass is 10.1. The zero-order valence-corrected chi connectivity index (χ0v) is 15.1. The summed E-state index contributed by atoms with van der Waals surface area (Å²) in [4.78, 5) is 1.37. The highest BCUT2D eigenvalue weighted by Crippen LogP contribution is 2.41. The Morgan fingerprint density at radius 3 is 2.53 bits per heavy atom. The highest BCUT2D eigenvalue weighted by Gasteiger charge is 2.17. The molecule has 0 nitrogen and oxygen atoms in total. The lowest BCUT2D eigenvalue weighted by Gasteiger charge is -2.10. The summed E-state index contributed by atoms with van der Waals surface area (Å²) in [6.45, 7) is 2.09. The number of halogens is 4. The molecule has 0 amide bonds. The first-order valence-electron chi connectivity index (χ1n) is 4.84. The number of hydrogen-bond donors (Lipinski definition) is 0. The van der Waals surface area contributed by atoms with Crippen LogP contribution in [0.3, 0.4) is 0 Å². The van der Waals surface area contributed by atoms with Crippen LogP contribution < -0.4 is 0 Å². The molecule has 0 fully saturated rings. The van der Waals surface area contributed by atoms with Gasteiger partial charge in [-0.2, -0.15) is 0 Å². The number of hydrogen-bond acceptors (Lipinski definition) is 1. The Hall–Kier alpha value is 0.650. The molecule has 90 valence electrons. The smallest absolute Gasteiger partial charge is 0.0753 e. The van der Waals surface area contributed by atoms with Gasteiger partial charge < -0.3 is 0 Å². The van der Waals surface area contributed by atoms with Gasteiger partial charge in [-0.1, -0.05) is 43.5 Å². The van der Waals surface area contributed by atoms with E-state index < -0.39 is 0 Å². The highest BCUT2D eigenvalue weighted by atomic mass is 79.9. The molecule has 2 rings (SSSR count). The van der Waals surface area contributed by atoms with Crippen molar-refractivity contribution >= 4 is 70.7 Å². The van der Waals surface area contributed by atoms with Gasteiger partial charge in [0.25, 0.3) is 0 Å². The molecule has 2 aromatic rings. The van der Waals surface area contributed by atoms with Gasteiger partial charge in [0.05, 0.1) is 8.61 Å². The predicted molar refractivity (Wildman–Crippen MR) is 86.7 cm³/mol. The second-order valence-electron chi connectivity index (χ2n) is 3.63. The minimum atomic E-state index is 0.127. The third-order valence-electron chi connectivity index (χ3n) is 2.36. The quantitative estimate of drug-likeness (QED) is 0.438. The molecule has 0 aliphatic carbocycles. The fourth-order valence-corrected chi connectivity index (χ4v) is 4.57. The minimum Gasteiger partial charge on any atom is -0.131 e. The van der Waals surface area contributed by atoms with Crippen LogP contribution in [0.2, 0.25) is 5.02 Å². The molecule has 1 aromatic heterocycles. The van der Waals surface area contributed by atoms with Crippen molar-refractivity contribution in [3.63, 3.8) is 0 Å². The van der Waals surface area contributed by atoms with Crippen LogP contribution in [-0.4, -0.2) is 0 Å². The average Bonchev–Trinajstić information content (AvgIpc) is 2.62. The number of benzene rings is 1. The van der Waals surface area contributed by atoms with Crippen molar-refractivity contribution in [2.24, 2.45) is 0 Å². The first-order valence-corrected chi connectivity index (χ1v) is 8.53. The molecule has 0 saturated heterocycles. The van der Waals surface area contributed by atoms with Crippen molar-refractivity contribution in [1.29, 1.82) is 0 Å². The Labute approximate surface area is 135 Å². The number of aryl methyl sites for hydroxylation is 1. The highest BCUT2D eigenvalue weighted by molar-refractivity contribution is 9.11. The zero-order valence-electron chi connectivity index (χ0n) is 8.81. The van der Waals surface area contributed by atoms with Crippen LogP contribution in [0.5, 0.6) is 0 Å². The molecule has 0 spiro atoms. The summed E-state index contributed by atoms with van der Waals surface area (Å²) < 4.78 is 2.21. The molecule has 0 aliphatic heterocycles. The SMILES string of the molecule is Cc1cc(C(Br)c2cc(Br)ccc2Cl)sc1Br. The standard InChI is InChI=1S/C12H8Br3ClS/c1-6-4-10(17-12(6)15)11(14)8-5-7(13)2-3-9(8)16/h2-5,11H,1H3. The summed E-state index contributed by atoms with van der Waals surface area (Å²) in [5, 5.41) is 0.775. The van der Waals surface area contributed by atoms with Gasteiger partial charge >= 0.3 is 0 Å². The second kappa shape index (κ2) is 5.74. The van der Waals surface area contributed by atoms with Gasteiger partial charge in [-0.25, -0.2) is 0 Å². The molecule has 0 radical (unpaired) electrons. The van der Waals surface area contributed by atoms with E-state index in [1.165, 1.54) is 14.2 Å². The van der Waals surface area contributed by atoms with Crippen LogP contribution in [0.25, 0.3) is 0 Å². The van der Waals surface area contributed by atoms with Gasteiger partial charge in [0.15, 0.2) is 0 Å². The molecule has 0 saturated carbocycles. The van der Waals surface area contributed by atoms with Crippen molar-refractivity contribution < 1.29 is 0 Å². The largest absolute Gasteiger partial charge is 0.131 e. The van der Waals surface area contributed by atoms with E-state index in [4.69, 9.17) is 11.6 Å². The topological polar surface area (TPSA) is 0 Å². The van der Waals surface area contributed by atoms with E-state index in [1.54, 1.807) is 11.3 Å². The molecule has 0 aliphatic rings. The lowest BCUT2D eigenvalue weighted by Crippen LogP contribution is -1.91. The Morgan fingerprint density at radius 2 is 1.94 bits per heavy atom. The van der Waals surface area contributed by atoms with Gasteiger partial charge in [-0.3, -0.25) is 0 Å². The van der Waals surface area contributed by atoms with Crippen LogP contribution in [0.4, 0.5) is 0 Å². The van der Waals surface area contributed by atoms with Crippen LogP contribution in [0.1, 0.15) is 20.8 Å². The van der Waals surface area contributed by atoms with E-state index in [2.05, 4.69) is 60.8 Å². The van der Waals surface area contributed by atoms with Crippen molar-refractivity contribution in [3.8, 4) is 0 Å². The van der Waals surface area contributed by atoms with Gasteiger partial charge in [-0.15, -0.1) is 11.3 Å². The van der Waals surface area contributed by atoms with E-state index in [9.17, 15) is 0 Å². The number of thiophene rings is 1. The van der Waals surface area contributed by atoms with Gasteiger partial charge in [-0.05, 0) is 58.2 Å². The lowest BCUT2D eigenvalue weighted by molar-refractivity contribution is 1.21. The minimum absolute atomic E-state index is 0.127. The maximum Gasteiger partial charge on any atom is 0.0753 e. The molecule has 1 atom stereocenters.